The highest BCUT2D eigenvalue weighted by atomic mass is 32.1. The maximum atomic E-state index is 8.63. The Bertz CT molecular complexity index is 737. The van der Waals surface area contributed by atoms with Gasteiger partial charge in [-0.2, -0.15) is 4.68 Å². The summed E-state index contributed by atoms with van der Waals surface area (Å²) in [5.74, 6) is 0.188. The summed E-state index contributed by atoms with van der Waals surface area (Å²) in [4.78, 5) is 7.43. The van der Waals surface area contributed by atoms with E-state index < -0.39 is 0 Å². The van der Waals surface area contributed by atoms with Gasteiger partial charge in [-0.05, 0) is 30.7 Å². The van der Waals surface area contributed by atoms with Gasteiger partial charge in [-0.1, -0.05) is 30.9 Å². The quantitative estimate of drug-likeness (QED) is 0.201. The number of aromatic amines is 1. The van der Waals surface area contributed by atoms with Gasteiger partial charge in [0, 0.05) is 11.3 Å². The number of benzene rings is 1. The SMILES string of the molecule is [C-]#[N+]c1[nH]n(C(=C)OO)c(=S)c1Cc1ccc(N)cc1. The minimum atomic E-state index is -0.0940. The third-order valence-electron chi connectivity index (χ3n) is 2.79. The number of rotatable bonds is 4. The molecule has 1 heterocycles. The fourth-order valence-electron chi connectivity index (χ4n) is 1.77. The van der Waals surface area contributed by atoms with E-state index in [0.717, 1.165) is 5.56 Å². The molecule has 0 amide bonds. The Morgan fingerprint density at radius 1 is 1.50 bits per heavy atom. The molecule has 20 heavy (non-hydrogen) atoms. The summed E-state index contributed by atoms with van der Waals surface area (Å²) in [7, 11) is 0. The van der Waals surface area contributed by atoms with Crippen molar-refractivity contribution < 1.29 is 10.1 Å². The number of H-pyrrole nitrogens is 1. The first kappa shape index (κ1) is 13.9. The van der Waals surface area contributed by atoms with Crippen molar-refractivity contribution in [1.82, 2.24) is 9.78 Å². The highest BCUT2D eigenvalue weighted by Gasteiger charge is 2.15. The topological polar surface area (TPSA) is 80.6 Å². The average Bonchev–Trinajstić information content (AvgIpc) is 2.77. The van der Waals surface area contributed by atoms with Crippen molar-refractivity contribution in [1.29, 1.82) is 0 Å². The van der Waals surface area contributed by atoms with Crippen LogP contribution >= 0.6 is 12.2 Å². The van der Waals surface area contributed by atoms with Crippen LogP contribution in [0.2, 0.25) is 0 Å². The van der Waals surface area contributed by atoms with Gasteiger partial charge in [0.2, 0.25) is 0 Å². The second-order valence-corrected chi connectivity index (χ2v) is 4.48. The maximum absolute atomic E-state index is 8.63. The minimum Gasteiger partial charge on any atom is -0.399 e. The van der Waals surface area contributed by atoms with Crippen molar-refractivity contribution >= 4 is 29.6 Å². The number of anilines is 1. The van der Waals surface area contributed by atoms with Crippen molar-refractivity contribution in [3.63, 3.8) is 0 Å². The van der Waals surface area contributed by atoms with E-state index in [1.165, 1.54) is 4.68 Å². The molecule has 0 aliphatic heterocycles. The molecule has 102 valence electrons. The van der Waals surface area contributed by atoms with E-state index in [1.807, 2.05) is 12.1 Å². The van der Waals surface area contributed by atoms with Crippen LogP contribution in [0.15, 0.2) is 30.8 Å². The standard InChI is InChI=1S/C13H12N4O2S/c1-8(19-18)17-13(20)11(12(15-2)16-17)7-9-3-5-10(14)6-4-9/h3-6,16,18H,1,7,14H2. The molecule has 0 bridgehead atoms. The van der Waals surface area contributed by atoms with E-state index in [4.69, 9.17) is 29.8 Å². The highest BCUT2D eigenvalue weighted by molar-refractivity contribution is 7.71. The van der Waals surface area contributed by atoms with Crippen molar-refractivity contribution in [2.45, 2.75) is 6.42 Å². The molecule has 2 aromatic rings. The first-order valence-electron chi connectivity index (χ1n) is 5.63. The third-order valence-corrected chi connectivity index (χ3v) is 3.22. The number of nitrogens with two attached hydrogens (primary N) is 1. The van der Waals surface area contributed by atoms with Crippen LogP contribution in [-0.2, 0) is 11.3 Å². The molecule has 0 saturated heterocycles. The number of nitrogen functional groups attached to an aromatic ring is 1. The summed E-state index contributed by atoms with van der Waals surface area (Å²) in [6, 6.07) is 7.30. The van der Waals surface area contributed by atoms with Crippen molar-refractivity contribution in [3.8, 4) is 0 Å². The molecular weight excluding hydrogens is 276 g/mol. The summed E-state index contributed by atoms with van der Waals surface area (Å²) in [5.41, 5.74) is 7.91. The number of nitrogens with one attached hydrogen (secondary N) is 1. The van der Waals surface area contributed by atoms with E-state index in [0.29, 0.717) is 22.3 Å². The predicted octanol–water partition coefficient (Wildman–Crippen LogP) is 3.19. The van der Waals surface area contributed by atoms with Gasteiger partial charge in [0.25, 0.3) is 11.7 Å². The lowest BCUT2D eigenvalue weighted by molar-refractivity contribution is -0.176. The van der Waals surface area contributed by atoms with Gasteiger partial charge in [0.05, 0.1) is 0 Å². The molecule has 7 heteroatoms. The smallest absolute Gasteiger partial charge is 0.264 e. The molecule has 0 saturated carbocycles. The highest BCUT2D eigenvalue weighted by Crippen LogP contribution is 2.24. The number of hydrogen-bond acceptors (Lipinski definition) is 4. The Morgan fingerprint density at radius 2 is 2.15 bits per heavy atom. The van der Waals surface area contributed by atoms with E-state index in [-0.39, 0.29) is 11.7 Å². The fourth-order valence-corrected chi connectivity index (χ4v) is 2.08. The van der Waals surface area contributed by atoms with Crippen LogP contribution in [0.3, 0.4) is 0 Å². The van der Waals surface area contributed by atoms with E-state index >= 15 is 0 Å². The van der Waals surface area contributed by atoms with Gasteiger partial charge in [0.15, 0.2) is 0 Å². The zero-order valence-corrected chi connectivity index (χ0v) is 11.3. The molecule has 1 aromatic carbocycles. The Labute approximate surface area is 120 Å². The molecule has 0 atom stereocenters. The Hall–Kier alpha value is -2.56. The van der Waals surface area contributed by atoms with Gasteiger partial charge < -0.3 is 15.5 Å². The van der Waals surface area contributed by atoms with Crippen molar-refractivity contribution in [2.75, 3.05) is 5.73 Å². The second kappa shape index (κ2) is 5.61. The van der Waals surface area contributed by atoms with Gasteiger partial charge in [0.1, 0.15) is 4.64 Å². The first-order valence-corrected chi connectivity index (χ1v) is 6.04. The van der Waals surface area contributed by atoms with Crippen LogP contribution in [0.1, 0.15) is 11.1 Å². The Kier molecular flexibility index (Phi) is 3.89. The molecule has 1 aromatic heterocycles. The maximum Gasteiger partial charge on any atom is 0.264 e. The van der Waals surface area contributed by atoms with Crippen LogP contribution in [0.4, 0.5) is 11.5 Å². The predicted molar refractivity (Wildman–Crippen MR) is 78.6 cm³/mol. The lowest BCUT2D eigenvalue weighted by Crippen LogP contribution is -2.00. The number of aromatic nitrogens is 2. The Balaban J connectivity index is 2.44. The fraction of sp³-hybridized carbons (Fsp3) is 0.0769. The molecular formula is C13H12N4O2S. The zero-order chi connectivity index (χ0) is 14.7. The van der Waals surface area contributed by atoms with E-state index in [2.05, 4.69) is 21.4 Å². The summed E-state index contributed by atoms with van der Waals surface area (Å²) >= 11 is 5.26. The second-order valence-electron chi connectivity index (χ2n) is 4.09. The largest absolute Gasteiger partial charge is 0.399 e. The van der Waals surface area contributed by atoms with Crippen molar-refractivity contribution in [3.05, 3.63) is 58.0 Å². The monoisotopic (exact) mass is 288 g/mol. The van der Waals surface area contributed by atoms with Gasteiger partial charge in [-0.25, -0.2) is 10.4 Å². The van der Waals surface area contributed by atoms with E-state index in [9.17, 15) is 0 Å². The third kappa shape index (κ3) is 2.56. The molecule has 2 rings (SSSR count). The molecule has 0 aliphatic rings. The van der Waals surface area contributed by atoms with E-state index in [1.54, 1.807) is 12.1 Å². The molecule has 6 nitrogen and oxygen atoms in total. The lowest BCUT2D eigenvalue weighted by atomic mass is 10.1. The number of nitrogens with zero attached hydrogens (tertiary/aromatic N) is 2. The van der Waals surface area contributed by atoms with Gasteiger partial charge in [-0.3, -0.25) is 0 Å². The Morgan fingerprint density at radius 3 is 2.70 bits per heavy atom. The van der Waals surface area contributed by atoms with Crippen LogP contribution in [0, 0.1) is 11.2 Å². The first-order chi connectivity index (χ1) is 9.56. The minimum absolute atomic E-state index is 0.0940. The van der Waals surface area contributed by atoms with Crippen LogP contribution in [0.5, 0.6) is 0 Å². The zero-order valence-electron chi connectivity index (χ0n) is 10.5. The van der Waals surface area contributed by atoms with Gasteiger partial charge in [-0.15, -0.1) is 0 Å². The normalized spacial score (nSPS) is 10.0. The molecule has 0 radical (unpaired) electrons. The van der Waals surface area contributed by atoms with Crippen molar-refractivity contribution in [2.24, 2.45) is 0 Å². The molecule has 0 spiro atoms. The van der Waals surface area contributed by atoms with Crippen LogP contribution < -0.4 is 5.73 Å². The molecule has 0 unspecified atom stereocenters. The summed E-state index contributed by atoms with van der Waals surface area (Å²) in [6.45, 7) is 10.7. The van der Waals surface area contributed by atoms with Crippen LogP contribution in [0.25, 0.3) is 10.7 Å². The molecule has 0 aliphatic carbocycles. The summed E-state index contributed by atoms with van der Waals surface area (Å²) in [6.07, 6.45) is 0.471. The van der Waals surface area contributed by atoms with Gasteiger partial charge >= 0.3 is 0 Å². The molecule has 0 fully saturated rings. The average molecular weight is 288 g/mol. The summed E-state index contributed by atoms with van der Waals surface area (Å²) in [5, 5.41) is 11.4. The van der Waals surface area contributed by atoms with Crippen LogP contribution in [-0.4, -0.2) is 15.0 Å². The molecule has 4 N–H and O–H groups in total. The number of hydrogen-bond donors (Lipinski definition) is 3. The lowest BCUT2D eigenvalue weighted by Gasteiger charge is -2.01. The summed E-state index contributed by atoms with van der Waals surface area (Å²) < 4.78 is 1.59.